The molecule has 136 valence electrons. The van der Waals surface area contributed by atoms with Crippen LogP contribution in [0, 0.1) is 20.8 Å². The summed E-state index contributed by atoms with van der Waals surface area (Å²) in [6.07, 6.45) is -0.667. The number of methoxy groups -OCH3 is 1. The molecule has 7 heteroatoms. The molecular formula is C19H21N3O3S. The zero-order valence-corrected chi connectivity index (χ0v) is 16.0. The molecule has 3 aromatic rings. The molecule has 1 atom stereocenters. The Labute approximate surface area is 155 Å². The lowest BCUT2D eigenvalue weighted by molar-refractivity contribution is 0.0605. The van der Waals surface area contributed by atoms with Crippen LogP contribution in [-0.4, -0.2) is 34.7 Å². The number of aromatic nitrogens is 2. The van der Waals surface area contributed by atoms with Crippen molar-refractivity contribution in [3.63, 3.8) is 0 Å². The van der Waals surface area contributed by atoms with E-state index in [1.54, 1.807) is 6.92 Å². The van der Waals surface area contributed by atoms with E-state index in [0.717, 1.165) is 26.9 Å². The average Bonchev–Trinajstić information content (AvgIpc) is 2.95. The van der Waals surface area contributed by atoms with E-state index in [4.69, 9.17) is 4.74 Å². The van der Waals surface area contributed by atoms with Gasteiger partial charge >= 0.3 is 5.97 Å². The minimum atomic E-state index is -0.667. The van der Waals surface area contributed by atoms with E-state index in [1.807, 2.05) is 38.1 Å². The van der Waals surface area contributed by atoms with Crippen LogP contribution in [0.1, 0.15) is 38.3 Å². The number of hydrogen-bond acceptors (Lipinski definition) is 7. The molecule has 0 spiro atoms. The van der Waals surface area contributed by atoms with E-state index in [-0.39, 0.29) is 5.97 Å². The maximum absolute atomic E-state index is 12.0. The predicted octanol–water partition coefficient (Wildman–Crippen LogP) is 3.55. The van der Waals surface area contributed by atoms with Gasteiger partial charge in [-0.25, -0.2) is 14.8 Å². The van der Waals surface area contributed by atoms with Crippen molar-refractivity contribution in [3.05, 3.63) is 51.7 Å². The van der Waals surface area contributed by atoms with Crippen LogP contribution in [0.25, 0.3) is 10.2 Å². The van der Waals surface area contributed by atoms with Crippen LogP contribution in [0.2, 0.25) is 0 Å². The van der Waals surface area contributed by atoms with Crippen LogP contribution in [0.5, 0.6) is 0 Å². The lowest BCUT2D eigenvalue weighted by Gasteiger charge is -2.14. The third-order valence-corrected chi connectivity index (χ3v) is 5.33. The summed E-state index contributed by atoms with van der Waals surface area (Å²) in [6, 6.07) is 7.76. The van der Waals surface area contributed by atoms with E-state index < -0.39 is 6.10 Å². The van der Waals surface area contributed by atoms with Crippen molar-refractivity contribution in [1.29, 1.82) is 0 Å². The van der Waals surface area contributed by atoms with Crippen molar-refractivity contribution in [2.24, 2.45) is 0 Å². The monoisotopic (exact) mass is 371 g/mol. The summed E-state index contributed by atoms with van der Waals surface area (Å²) in [5.74, 6) is 0.833. The van der Waals surface area contributed by atoms with Gasteiger partial charge in [0.1, 0.15) is 21.3 Å². The molecule has 26 heavy (non-hydrogen) atoms. The number of nitrogens with one attached hydrogen (secondary N) is 1. The second-order valence-corrected chi connectivity index (χ2v) is 7.16. The zero-order valence-electron chi connectivity index (χ0n) is 15.2. The van der Waals surface area contributed by atoms with Crippen LogP contribution in [0.3, 0.4) is 0 Å². The molecule has 0 radical (unpaired) electrons. The fourth-order valence-electron chi connectivity index (χ4n) is 2.85. The van der Waals surface area contributed by atoms with Gasteiger partial charge in [0.2, 0.25) is 0 Å². The highest BCUT2D eigenvalue weighted by Crippen LogP contribution is 2.34. The molecule has 0 saturated carbocycles. The Bertz CT molecular complexity index is 968. The van der Waals surface area contributed by atoms with Crippen LogP contribution in [0.4, 0.5) is 5.82 Å². The molecule has 0 aliphatic rings. The Morgan fingerprint density at radius 1 is 1.31 bits per heavy atom. The molecule has 6 nitrogen and oxygen atoms in total. The largest absolute Gasteiger partial charge is 0.465 e. The summed E-state index contributed by atoms with van der Waals surface area (Å²) in [5.41, 5.74) is 2.72. The summed E-state index contributed by atoms with van der Waals surface area (Å²) < 4.78 is 4.85. The van der Waals surface area contributed by atoms with Gasteiger partial charge < -0.3 is 15.2 Å². The van der Waals surface area contributed by atoms with Gasteiger partial charge in [0.25, 0.3) is 0 Å². The van der Waals surface area contributed by atoms with Gasteiger partial charge in [-0.15, -0.1) is 11.3 Å². The average molecular weight is 371 g/mol. The quantitative estimate of drug-likeness (QED) is 0.667. The van der Waals surface area contributed by atoms with Gasteiger partial charge in [-0.05, 0) is 31.9 Å². The van der Waals surface area contributed by atoms with E-state index >= 15 is 0 Å². The fraction of sp³-hybridized carbons (Fsp3) is 0.316. The van der Waals surface area contributed by atoms with Crippen molar-refractivity contribution < 1.29 is 14.6 Å². The molecule has 0 saturated heterocycles. The molecule has 2 N–H and O–H groups in total. The Kier molecular flexibility index (Phi) is 5.20. The molecule has 1 aromatic carbocycles. The second-order valence-electron chi connectivity index (χ2n) is 6.16. The van der Waals surface area contributed by atoms with E-state index in [2.05, 4.69) is 15.3 Å². The van der Waals surface area contributed by atoms with Gasteiger partial charge in [-0.2, -0.15) is 0 Å². The number of rotatable bonds is 5. The summed E-state index contributed by atoms with van der Waals surface area (Å²) in [7, 11) is 1.36. The minimum Gasteiger partial charge on any atom is -0.465 e. The zero-order chi connectivity index (χ0) is 18.8. The molecule has 0 aliphatic carbocycles. The summed E-state index contributed by atoms with van der Waals surface area (Å²) in [5, 5.41) is 14.5. The Hall–Kier alpha value is -2.51. The molecule has 0 amide bonds. The van der Waals surface area contributed by atoms with E-state index in [1.165, 1.54) is 18.4 Å². The SMILES string of the molecule is COC(=O)c1sc2nc(C)nc(NCC(O)c3cccc(C)c3)c2c1C. The lowest BCUT2D eigenvalue weighted by Crippen LogP contribution is -2.14. The Morgan fingerprint density at radius 3 is 2.77 bits per heavy atom. The number of esters is 1. The number of ether oxygens (including phenoxy) is 1. The van der Waals surface area contributed by atoms with Crippen molar-refractivity contribution in [1.82, 2.24) is 9.97 Å². The first-order chi connectivity index (χ1) is 12.4. The Morgan fingerprint density at radius 2 is 2.08 bits per heavy atom. The number of nitrogens with zero attached hydrogens (tertiary/aromatic N) is 2. The van der Waals surface area contributed by atoms with Crippen LogP contribution in [0.15, 0.2) is 24.3 Å². The fourth-order valence-corrected chi connectivity index (χ4v) is 3.99. The van der Waals surface area contributed by atoms with Crippen LogP contribution in [-0.2, 0) is 4.74 Å². The van der Waals surface area contributed by atoms with Gasteiger partial charge in [0.05, 0.1) is 18.6 Å². The van der Waals surface area contributed by atoms with E-state index in [9.17, 15) is 9.90 Å². The third kappa shape index (κ3) is 3.54. The molecule has 0 aliphatic heterocycles. The van der Waals surface area contributed by atoms with Gasteiger partial charge in [0.15, 0.2) is 0 Å². The van der Waals surface area contributed by atoms with Gasteiger partial charge in [0, 0.05) is 6.54 Å². The number of carbonyl (C=O) groups is 1. The van der Waals surface area contributed by atoms with Crippen molar-refractivity contribution >= 4 is 33.3 Å². The predicted molar refractivity (Wildman–Crippen MR) is 103 cm³/mol. The Balaban J connectivity index is 1.92. The van der Waals surface area contributed by atoms with Gasteiger partial charge in [-0.3, -0.25) is 0 Å². The molecular weight excluding hydrogens is 350 g/mol. The van der Waals surface area contributed by atoms with Gasteiger partial charge in [-0.1, -0.05) is 29.8 Å². The van der Waals surface area contributed by atoms with E-state index in [0.29, 0.717) is 23.1 Å². The maximum Gasteiger partial charge on any atom is 0.348 e. The summed E-state index contributed by atoms with van der Waals surface area (Å²) >= 11 is 1.29. The number of benzene rings is 1. The molecule has 0 fully saturated rings. The second kappa shape index (κ2) is 7.39. The smallest absolute Gasteiger partial charge is 0.348 e. The topological polar surface area (TPSA) is 84.3 Å². The number of carbonyl (C=O) groups excluding carboxylic acids is 1. The molecule has 2 heterocycles. The number of fused-ring (bicyclic) bond motifs is 1. The number of aliphatic hydroxyl groups is 1. The molecule has 0 bridgehead atoms. The third-order valence-electron chi connectivity index (χ3n) is 4.16. The summed E-state index contributed by atoms with van der Waals surface area (Å²) in [6.45, 7) is 5.95. The first-order valence-corrected chi connectivity index (χ1v) is 9.07. The van der Waals surface area contributed by atoms with Crippen molar-refractivity contribution in [3.8, 4) is 0 Å². The van der Waals surface area contributed by atoms with Crippen LogP contribution < -0.4 is 5.32 Å². The van der Waals surface area contributed by atoms with Crippen molar-refractivity contribution in [2.45, 2.75) is 26.9 Å². The molecule has 1 unspecified atom stereocenters. The summed E-state index contributed by atoms with van der Waals surface area (Å²) in [4.78, 5) is 22.1. The molecule has 3 rings (SSSR count). The van der Waals surface area contributed by atoms with Crippen molar-refractivity contribution in [2.75, 3.05) is 19.0 Å². The maximum atomic E-state index is 12.0. The number of aliphatic hydroxyl groups excluding tert-OH is 1. The lowest BCUT2D eigenvalue weighted by atomic mass is 10.1. The standard InChI is InChI=1S/C19H21N3O3S/c1-10-6-5-7-13(8-10)14(23)9-20-17-15-11(2)16(19(24)25-4)26-18(15)22-12(3)21-17/h5-8,14,23H,9H2,1-4H3,(H,20,21,22). The number of aryl methyl sites for hydroxylation is 3. The highest BCUT2D eigenvalue weighted by molar-refractivity contribution is 7.20. The minimum absolute atomic E-state index is 0.303. The first kappa shape index (κ1) is 18.3. The molecule has 2 aromatic heterocycles. The van der Waals surface area contributed by atoms with Crippen LogP contribution >= 0.6 is 11.3 Å². The number of thiophene rings is 1. The number of hydrogen-bond donors (Lipinski definition) is 2. The normalized spacial score (nSPS) is 12.2. The highest BCUT2D eigenvalue weighted by Gasteiger charge is 2.21. The first-order valence-electron chi connectivity index (χ1n) is 8.25. The number of anilines is 1. The highest BCUT2D eigenvalue weighted by atomic mass is 32.1.